The van der Waals surface area contributed by atoms with Gasteiger partial charge in [0.1, 0.15) is 5.75 Å². The average molecular weight is 341 g/mol. The monoisotopic (exact) mass is 340 g/mol. The van der Waals surface area contributed by atoms with Crippen LogP contribution in [0.25, 0.3) is 0 Å². The number of hydrogen-bond acceptors (Lipinski definition) is 5. The predicted octanol–water partition coefficient (Wildman–Crippen LogP) is 2.66. The molecule has 0 aliphatic rings. The number of nitrogens with zero attached hydrogens (tertiary/aromatic N) is 1. The third kappa shape index (κ3) is 4.61. The van der Waals surface area contributed by atoms with Crippen LogP contribution in [0, 0.1) is 0 Å². The maximum Gasteiger partial charge on any atom is 0.369 e. The fourth-order valence-corrected chi connectivity index (χ4v) is 1.88. The highest BCUT2D eigenvalue weighted by Crippen LogP contribution is 2.27. The van der Waals surface area contributed by atoms with Gasteiger partial charge in [0.2, 0.25) is 0 Å². The van der Waals surface area contributed by atoms with Gasteiger partial charge in [-0.25, -0.2) is 4.79 Å². The number of halogens is 2. The van der Waals surface area contributed by atoms with E-state index in [2.05, 4.69) is 9.82 Å². The second kappa shape index (κ2) is 7.63. The quantitative estimate of drug-likeness (QED) is 0.865. The number of benzene rings is 1. The number of pyridine rings is 1. The molecule has 1 amide bonds. The molecule has 6 nitrogen and oxygen atoms in total. The van der Waals surface area contributed by atoms with E-state index >= 15 is 0 Å². The Morgan fingerprint density at radius 1 is 1.23 bits per heavy atom. The first-order valence-electron chi connectivity index (χ1n) is 6.04. The van der Waals surface area contributed by atoms with E-state index in [0.717, 1.165) is 0 Å². The van der Waals surface area contributed by atoms with E-state index in [9.17, 15) is 9.59 Å². The second-order valence-electron chi connectivity index (χ2n) is 4.01. The molecule has 0 aliphatic carbocycles. The van der Waals surface area contributed by atoms with Gasteiger partial charge in [-0.15, -0.1) is 0 Å². The maximum absolute atomic E-state index is 11.6. The van der Waals surface area contributed by atoms with E-state index in [-0.39, 0.29) is 16.3 Å². The summed E-state index contributed by atoms with van der Waals surface area (Å²) in [6.07, 6.45) is 2.86. The summed E-state index contributed by atoms with van der Waals surface area (Å²) in [5.41, 5.74) is 2.26. The van der Waals surface area contributed by atoms with E-state index in [4.69, 9.17) is 27.9 Å². The number of carbonyl (C=O) groups is 2. The van der Waals surface area contributed by atoms with Gasteiger partial charge in [0, 0.05) is 17.4 Å². The highest BCUT2D eigenvalue weighted by molar-refractivity contribution is 6.35. The van der Waals surface area contributed by atoms with E-state index in [1.54, 1.807) is 12.1 Å². The molecule has 0 aliphatic heterocycles. The van der Waals surface area contributed by atoms with Crippen LogP contribution in [0.3, 0.4) is 0 Å². The Hall–Kier alpha value is -2.31. The minimum atomic E-state index is -0.789. The number of rotatable bonds is 4. The van der Waals surface area contributed by atoms with Crippen LogP contribution in [-0.4, -0.2) is 23.5 Å². The molecule has 0 radical (unpaired) electrons. The molecular formula is C14H10Cl2N2O4. The average Bonchev–Trinajstić information content (AvgIpc) is 2.52. The normalized spacial score (nSPS) is 9.91. The molecule has 0 saturated heterocycles. The molecule has 2 aromatic rings. The molecule has 8 heteroatoms. The van der Waals surface area contributed by atoms with Crippen molar-refractivity contribution in [2.75, 3.05) is 6.61 Å². The smallest absolute Gasteiger partial charge is 0.369 e. The molecule has 114 valence electrons. The first kappa shape index (κ1) is 16.1. The Morgan fingerprint density at radius 3 is 2.73 bits per heavy atom. The zero-order valence-corrected chi connectivity index (χ0v) is 12.6. The largest absolute Gasteiger partial charge is 0.480 e. The first-order valence-corrected chi connectivity index (χ1v) is 6.80. The minimum Gasteiger partial charge on any atom is -0.480 e. The lowest BCUT2D eigenvalue weighted by Gasteiger charge is -2.08. The van der Waals surface area contributed by atoms with Crippen LogP contribution in [0.2, 0.25) is 10.0 Å². The summed E-state index contributed by atoms with van der Waals surface area (Å²) in [7, 11) is 0. The van der Waals surface area contributed by atoms with Gasteiger partial charge in [-0.2, -0.15) is 5.48 Å². The zero-order chi connectivity index (χ0) is 15.9. The fraction of sp³-hybridized carbons (Fsp3) is 0.0714. The fourth-order valence-electron chi connectivity index (χ4n) is 1.42. The Bertz CT molecular complexity index is 680. The SMILES string of the molecule is O=C(COc1ccc(Cl)cc1Cl)ONC(=O)c1cccnc1. The Morgan fingerprint density at radius 2 is 2.05 bits per heavy atom. The highest BCUT2D eigenvalue weighted by Gasteiger charge is 2.11. The second-order valence-corrected chi connectivity index (χ2v) is 4.85. The van der Waals surface area contributed by atoms with Crippen LogP contribution in [0.1, 0.15) is 10.4 Å². The topological polar surface area (TPSA) is 77.5 Å². The number of amides is 1. The molecule has 2 rings (SSSR count). The third-order valence-electron chi connectivity index (χ3n) is 2.42. The number of carbonyl (C=O) groups excluding carboxylic acids is 2. The molecule has 0 spiro atoms. The van der Waals surface area contributed by atoms with E-state index < -0.39 is 18.5 Å². The van der Waals surface area contributed by atoms with Crippen molar-refractivity contribution in [3.05, 3.63) is 58.3 Å². The summed E-state index contributed by atoms with van der Waals surface area (Å²) in [6, 6.07) is 7.68. The highest BCUT2D eigenvalue weighted by atomic mass is 35.5. The van der Waals surface area contributed by atoms with Crippen LogP contribution >= 0.6 is 23.2 Å². The van der Waals surface area contributed by atoms with Crippen molar-refractivity contribution in [1.82, 2.24) is 10.5 Å². The van der Waals surface area contributed by atoms with Gasteiger partial charge in [0.15, 0.2) is 6.61 Å². The Balaban J connectivity index is 1.80. The lowest BCUT2D eigenvalue weighted by molar-refractivity contribution is -0.151. The van der Waals surface area contributed by atoms with Gasteiger partial charge < -0.3 is 9.57 Å². The van der Waals surface area contributed by atoms with Gasteiger partial charge in [0.25, 0.3) is 5.91 Å². The van der Waals surface area contributed by atoms with Gasteiger partial charge in [-0.3, -0.25) is 9.78 Å². The maximum atomic E-state index is 11.6. The summed E-state index contributed by atoms with van der Waals surface area (Å²) in [4.78, 5) is 31.5. The zero-order valence-electron chi connectivity index (χ0n) is 11.1. The summed E-state index contributed by atoms with van der Waals surface area (Å²) in [5.74, 6) is -1.10. The van der Waals surface area contributed by atoms with Crippen LogP contribution < -0.4 is 10.2 Å². The number of hydroxylamine groups is 1. The molecule has 0 saturated carbocycles. The molecule has 1 N–H and O–H groups in total. The van der Waals surface area contributed by atoms with Crippen LogP contribution in [0.4, 0.5) is 0 Å². The van der Waals surface area contributed by atoms with Gasteiger partial charge >= 0.3 is 5.97 Å². The van der Waals surface area contributed by atoms with E-state index in [1.807, 2.05) is 5.48 Å². The summed E-state index contributed by atoms with van der Waals surface area (Å²) in [5, 5.41) is 0.711. The van der Waals surface area contributed by atoms with Crippen LogP contribution in [0.5, 0.6) is 5.75 Å². The van der Waals surface area contributed by atoms with Crippen molar-refractivity contribution in [3.8, 4) is 5.75 Å². The third-order valence-corrected chi connectivity index (χ3v) is 2.95. The Labute approximate surface area is 135 Å². The summed E-state index contributed by atoms with van der Waals surface area (Å²) < 4.78 is 5.16. The standard InChI is InChI=1S/C14H10Cl2N2O4/c15-10-3-4-12(11(16)6-10)21-8-13(19)22-18-14(20)9-2-1-5-17-7-9/h1-7H,8H2,(H,18,20). The molecule has 22 heavy (non-hydrogen) atoms. The summed E-state index contributed by atoms with van der Waals surface area (Å²) >= 11 is 11.6. The molecule has 0 atom stereocenters. The van der Waals surface area contributed by atoms with Crippen molar-refractivity contribution in [2.45, 2.75) is 0 Å². The lowest BCUT2D eigenvalue weighted by atomic mass is 10.3. The molecule has 0 bridgehead atoms. The van der Waals surface area contributed by atoms with Crippen molar-refractivity contribution in [1.29, 1.82) is 0 Å². The van der Waals surface area contributed by atoms with E-state index in [1.165, 1.54) is 30.6 Å². The van der Waals surface area contributed by atoms with Gasteiger partial charge in [-0.1, -0.05) is 23.2 Å². The van der Waals surface area contributed by atoms with Crippen LogP contribution in [-0.2, 0) is 9.63 Å². The van der Waals surface area contributed by atoms with Crippen LogP contribution in [0.15, 0.2) is 42.7 Å². The van der Waals surface area contributed by atoms with Gasteiger partial charge in [0.05, 0.1) is 10.6 Å². The van der Waals surface area contributed by atoms with E-state index in [0.29, 0.717) is 5.02 Å². The lowest BCUT2D eigenvalue weighted by Crippen LogP contribution is -2.29. The van der Waals surface area contributed by atoms with Gasteiger partial charge in [-0.05, 0) is 30.3 Å². The molecule has 1 aromatic carbocycles. The van der Waals surface area contributed by atoms with Crippen molar-refractivity contribution < 1.29 is 19.2 Å². The first-order chi connectivity index (χ1) is 10.6. The molecule has 0 unspecified atom stereocenters. The Kier molecular flexibility index (Phi) is 5.57. The molecule has 1 heterocycles. The summed E-state index contributed by atoms with van der Waals surface area (Å²) in [6.45, 7) is -0.422. The number of hydrogen-bond donors (Lipinski definition) is 1. The number of ether oxygens (including phenoxy) is 1. The number of nitrogens with one attached hydrogen (secondary N) is 1. The van der Waals surface area contributed by atoms with Crippen molar-refractivity contribution in [3.63, 3.8) is 0 Å². The van der Waals surface area contributed by atoms with Crippen molar-refractivity contribution >= 4 is 35.1 Å². The molecular weight excluding hydrogens is 331 g/mol. The number of aromatic nitrogens is 1. The molecule has 0 fully saturated rings. The molecule has 1 aromatic heterocycles. The van der Waals surface area contributed by atoms with Crippen molar-refractivity contribution in [2.24, 2.45) is 0 Å². The minimum absolute atomic E-state index is 0.261. The predicted molar refractivity (Wildman–Crippen MR) is 79.8 cm³/mol.